The van der Waals surface area contributed by atoms with E-state index in [9.17, 15) is 13.5 Å². The van der Waals surface area contributed by atoms with Gasteiger partial charge in [0.1, 0.15) is 0 Å². The fourth-order valence-corrected chi connectivity index (χ4v) is 4.34. The quantitative estimate of drug-likeness (QED) is 0.923. The maximum Gasteiger partial charge on any atom is 0.304 e. The number of anilines is 1. The average Bonchev–Trinajstić information content (AvgIpc) is 2.60. The highest BCUT2D eigenvalue weighted by atomic mass is 32.2. The number of fused-ring (bicyclic) bond motifs is 1. The van der Waals surface area contributed by atoms with Gasteiger partial charge in [-0.15, -0.1) is 0 Å². The van der Waals surface area contributed by atoms with Gasteiger partial charge in [-0.3, -0.25) is 4.31 Å². The second-order valence-corrected chi connectivity index (χ2v) is 6.73. The van der Waals surface area contributed by atoms with E-state index in [2.05, 4.69) is 0 Å². The summed E-state index contributed by atoms with van der Waals surface area (Å²) >= 11 is 0. The normalized spacial score (nSPS) is 19.8. The topological polar surface area (TPSA) is 60.9 Å². The van der Waals surface area contributed by atoms with Crippen molar-refractivity contribution in [3.05, 3.63) is 29.8 Å². The lowest BCUT2D eigenvalue weighted by molar-refractivity contribution is 0.168. The molecule has 2 rings (SSSR count). The number of para-hydroxylation sites is 1. The van der Waals surface area contributed by atoms with Crippen LogP contribution in [0.2, 0.25) is 0 Å². The number of aliphatic hydroxyl groups excluding tert-OH is 1. The first-order valence-electron chi connectivity index (χ1n) is 7.07. The van der Waals surface area contributed by atoms with E-state index in [0.717, 1.165) is 0 Å². The first kappa shape index (κ1) is 15.3. The van der Waals surface area contributed by atoms with Crippen molar-refractivity contribution < 1.29 is 13.5 Å². The van der Waals surface area contributed by atoms with Crippen molar-refractivity contribution in [2.75, 3.05) is 23.9 Å². The molecular formula is C14H22N2O3S. The fraction of sp³-hybridized carbons (Fsp3) is 0.571. The van der Waals surface area contributed by atoms with Gasteiger partial charge in [-0.25, -0.2) is 0 Å². The van der Waals surface area contributed by atoms with E-state index < -0.39 is 16.3 Å². The second-order valence-electron chi connectivity index (χ2n) is 4.88. The molecule has 1 aliphatic rings. The molecule has 6 heteroatoms. The number of nitrogens with zero attached hydrogens (tertiary/aromatic N) is 2. The molecule has 1 unspecified atom stereocenters. The van der Waals surface area contributed by atoms with E-state index in [0.29, 0.717) is 43.7 Å². The van der Waals surface area contributed by atoms with E-state index in [1.165, 1.54) is 8.61 Å². The third kappa shape index (κ3) is 2.68. The fourth-order valence-electron chi connectivity index (χ4n) is 2.63. The first-order valence-corrected chi connectivity index (χ1v) is 8.46. The van der Waals surface area contributed by atoms with Gasteiger partial charge in [0.05, 0.1) is 11.8 Å². The summed E-state index contributed by atoms with van der Waals surface area (Å²) in [5.74, 6) is 0. The van der Waals surface area contributed by atoms with Crippen LogP contribution < -0.4 is 4.31 Å². The lowest BCUT2D eigenvalue weighted by atomic mass is 10.1. The van der Waals surface area contributed by atoms with Gasteiger partial charge in [-0.05, 0) is 18.9 Å². The molecule has 0 spiro atoms. The van der Waals surface area contributed by atoms with Crippen molar-refractivity contribution in [2.45, 2.75) is 32.8 Å². The smallest absolute Gasteiger partial charge is 0.304 e. The highest BCUT2D eigenvalue weighted by molar-refractivity contribution is 7.90. The van der Waals surface area contributed by atoms with Crippen LogP contribution in [-0.4, -0.2) is 37.5 Å². The van der Waals surface area contributed by atoms with E-state index in [-0.39, 0.29) is 0 Å². The summed E-state index contributed by atoms with van der Waals surface area (Å²) in [5, 5.41) is 10.1. The lowest BCUT2D eigenvalue weighted by Gasteiger charge is -2.30. The van der Waals surface area contributed by atoms with Crippen LogP contribution in [0.1, 0.15) is 38.4 Å². The molecule has 1 aromatic carbocycles. The zero-order chi connectivity index (χ0) is 14.8. The Kier molecular flexibility index (Phi) is 4.67. The number of hydrogen-bond donors (Lipinski definition) is 1. The summed E-state index contributed by atoms with van der Waals surface area (Å²) in [4.78, 5) is 0. The van der Waals surface area contributed by atoms with Crippen LogP contribution >= 0.6 is 0 Å². The summed E-state index contributed by atoms with van der Waals surface area (Å²) in [6.07, 6.45) is 0.639. The third-order valence-electron chi connectivity index (χ3n) is 3.71. The molecule has 112 valence electrons. The summed E-state index contributed by atoms with van der Waals surface area (Å²) in [7, 11) is -3.53. The second kappa shape index (κ2) is 6.11. The van der Waals surface area contributed by atoms with Crippen LogP contribution in [0.15, 0.2) is 24.3 Å². The summed E-state index contributed by atoms with van der Waals surface area (Å²) in [5.41, 5.74) is 1.30. The number of hydrogen-bond acceptors (Lipinski definition) is 3. The highest BCUT2D eigenvalue weighted by Crippen LogP contribution is 2.34. The summed E-state index contributed by atoms with van der Waals surface area (Å²) in [6, 6.07) is 7.21. The van der Waals surface area contributed by atoms with Gasteiger partial charge >= 0.3 is 10.2 Å². The first-order chi connectivity index (χ1) is 9.52. The van der Waals surface area contributed by atoms with Crippen molar-refractivity contribution in [3.8, 4) is 0 Å². The van der Waals surface area contributed by atoms with E-state index in [4.69, 9.17) is 0 Å². The molecule has 1 atom stereocenters. The van der Waals surface area contributed by atoms with Crippen LogP contribution in [0, 0.1) is 0 Å². The van der Waals surface area contributed by atoms with Gasteiger partial charge in [0.2, 0.25) is 0 Å². The molecule has 0 radical (unpaired) electrons. The van der Waals surface area contributed by atoms with Gasteiger partial charge in [0.15, 0.2) is 0 Å². The van der Waals surface area contributed by atoms with E-state index >= 15 is 0 Å². The molecule has 1 aromatic rings. The Labute approximate surface area is 121 Å². The van der Waals surface area contributed by atoms with Crippen molar-refractivity contribution in [1.82, 2.24) is 4.31 Å². The lowest BCUT2D eigenvalue weighted by Crippen LogP contribution is -2.44. The zero-order valence-electron chi connectivity index (χ0n) is 12.0. The predicted octanol–water partition coefficient (Wildman–Crippen LogP) is 1.91. The Bertz CT molecular complexity index is 555. The summed E-state index contributed by atoms with van der Waals surface area (Å²) in [6.45, 7) is 4.96. The maximum atomic E-state index is 12.7. The van der Waals surface area contributed by atoms with E-state index in [1.807, 2.05) is 26.0 Å². The Morgan fingerprint density at radius 1 is 1.30 bits per heavy atom. The van der Waals surface area contributed by atoms with Gasteiger partial charge in [0, 0.05) is 25.2 Å². The third-order valence-corrected chi connectivity index (χ3v) is 5.82. The largest absolute Gasteiger partial charge is 0.388 e. The molecule has 0 aliphatic carbocycles. The minimum Gasteiger partial charge on any atom is -0.388 e. The maximum absolute atomic E-state index is 12.7. The number of benzene rings is 1. The molecule has 0 aromatic heterocycles. The number of rotatable bonds is 4. The van der Waals surface area contributed by atoms with Gasteiger partial charge in [0.25, 0.3) is 0 Å². The van der Waals surface area contributed by atoms with Crippen molar-refractivity contribution in [1.29, 1.82) is 0 Å². The molecule has 5 nitrogen and oxygen atoms in total. The zero-order valence-corrected chi connectivity index (χ0v) is 12.8. The molecule has 20 heavy (non-hydrogen) atoms. The molecule has 0 bridgehead atoms. The predicted molar refractivity (Wildman–Crippen MR) is 79.8 cm³/mol. The Morgan fingerprint density at radius 3 is 2.60 bits per heavy atom. The minimum absolute atomic E-state index is 0.410. The molecule has 0 fully saturated rings. The molecule has 1 heterocycles. The van der Waals surface area contributed by atoms with Crippen molar-refractivity contribution >= 4 is 15.9 Å². The van der Waals surface area contributed by atoms with Gasteiger partial charge in [-0.1, -0.05) is 32.0 Å². The SMILES string of the molecule is CCN(CC)S(=O)(=O)N1CCCC(O)c2ccccc21. The Morgan fingerprint density at radius 2 is 1.95 bits per heavy atom. The van der Waals surface area contributed by atoms with Crippen molar-refractivity contribution in [3.63, 3.8) is 0 Å². The molecule has 0 amide bonds. The van der Waals surface area contributed by atoms with Crippen LogP contribution in [0.5, 0.6) is 0 Å². The highest BCUT2D eigenvalue weighted by Gasteiger charge is 2.32. The minimum atomic E-state index is -3.53. The molecular weight excluding hydrogens is 276 g/mol. The molecule has 1 N–H and O–H groups in total. The number of aliphatic hydroxyl groups is 1. The molecule has 1 aliphatic heterocycles. The van der Waals surface area contributed by atoms with Gasteiger partial charge < -0.3 is 5.11 Å². The van der Waals surface area contributed by atoms with Crippen molar-refractivity contribution in [2.24, 2.45) is 0 Å². The summed E-state index contributed by atoms with van der Waals surface area (Å²) < 4.78 is 28.4. The standard InChI is InChI=1S/C14H22N2O3S/c1-3-15(4-2)20(18,19)16-11-7-10-14(17)12-8-5-6-9-13(12)16/h5-6,8-9,14,17H,3-4,7,10-11H2,1-2H3. The Balaban J connectivity index is 2.49. The Hall–Kier alpha value is -1.11. The van der Waals surface area contributed by atoms with Crippen LogP contribution in [0.25, 0.3) is 0 Å². The van der Waals surface area contributed by atoms with E-state index in [1.54, 1.807) is 12.1 Å². The average molecular weight is 298 g/mol. The van der Waals surface area contributed by atoms with Gasteiger partial charge in [-0.2, -0.15) is 12.7 Å². The molecule has 0 saturated heterocycles. The van der Waals surface area contributed by atoms with Crippen LogP contribution in [0.4, 0.5) is 5.69 Å². The molecule has 0 saturated carbocycles. The van der Waals surface area contributed by atoms with Crippen LogP contribution in [-0.2, 0) is 10.2 Å². The monoisotopic (exact) mass is 298 g/mol. The van der Waals surface area contributed by atoms with Crippen LogP contribution in [0.3, 0.4) is 0 Å².